The molecule has 0 bridgehead atoms. The predicted molar refractivity (Wildman–Crippen MR) is 119 cm³/mol. The molecule has 5 rings (SSSR count). The molecule has 0 amide bonds. The Morgan fingerprint density at radius 3 is 1.74 bits per heavy atom. The second kappa shape index (κ2) is 8.21. The van der Waals surface area contributed by atoms with Gasteiger partial charge in [0, 0.05) is 0 Å². The Labute approximate surface area is 183 Å². The van der Waals surface area contributed by atoms with Crippen molar-refractivity contribution in [3.05, 3.63) is 108 Å². The zero-order valence-electron chi connectivity index (χ0n) is 17.9. The Kier molecular flexibility index (Phi) is 5.40. The third-order valence-corrected chi connectivity index (χ3v) is 6.07. The summed E-state index contributed by atoms with van der Waals surface area (Å²) < 4.78 is 25.1. The lowest BCUT2D eigenvalue weighted by Crippen LogP contribution is -2.39. The molecule has 0 unspecified atom stereocenters. The normalized spacial score (nSPS) is 24.8. The van der Waals surface area contributed by atoms with Crippen LogP contribution in [-0.4, -0.2) is 37.3 Å². The molecule has 2 aliphatic rings. The highest BCUT2D eigenvalue weighted by molar-refractivity contribution is 5.47. The van der Waals surface area contributed by atoms with Crippen molar-refractivity contribution in [2.24, 2.45) is 0 Å². The summed E-state index contributed by atoms with van der Waals surface area (Å²) in [5.74, 6) is -0.591. The minimum Gasteiger partial charge on any atom is -0.370 e. The van der Waals surface area contributed by atoms with E-state index >= 15 is 0 Å². The van der Waals surface area contributed by atoms with Crippen molar-refractivity contribution >= 4 is 0 Å². The van der Waals surface area contributed by atoms with Crippen molar-refractivity contribution in [3.63, 3.8) is 0 Å². The Morgan fingerprint density at radius 2 is 1.26 bits per heavy atom. The number of ether oxygens (including phenoxy) is 4. The first kappa shape index (κ1) is 20.4. The maximum atomic E-state index is 6.89. The molecule has 0 aliphatic carbocycles. The number of hydrogen-bond donors (Lipinski definition) is 0. The van der Waals surface area contributed by atoms with E-state index in [1.54, 1.807) is 0 Å². The molecule has 2 saturated heterocycles. The molecule has 0 spiro atoms. The minimum atomic E-state index is -0.764. The molecule has 0 saturated carbocycles. The van der Waals surface area contributed by atoms with Gasteiger partial charge in [0.1, 0.15) is 23.9 Å². The second-order valence-corrected chi connectivity index (χ2v) is 8.60. The summed E-state index contributed by atoms with van der Waals surface area (Å²) in [7, 11) is 0. The summed E-state index contributed by atoms with van der Waals surface area (Å²) in [5.41, 5.74) is 2.46. The smallest absolute Gasteiger partial charge is 0.164 e. The Morgan fingerprint density at radius 1 is 0.774 bits per heavy atom. The van der Waals surface area contributed by atoms with Crippen LogP contribution in [0.2, 0.25) is 0 Å². The molecule has 3 aromatic carbocycles. The minimum absolute atomic E-state index is 0.0526. The van der Waals surface area contributed by atoms with Crippen molar-refractivity contribution < 1.29 is 18.9 Å². The average molecular weight is 417 g/mol. The fourth-order valence-electron chi connectivity index (χ4n) is 4.74. The van der Waals surface area contributed by atoms with Gasteiger partial charge in [-0.15, -0.1) is 0 Å². The molecule has 0 N–H and O–H groups in total. The van der Waals surface area contributed by atoms with E-state index in [9.17, 15) is 0 Å². The molecular formula is C27H28O4. The van der Waals surface area contributed by atoms with Gasteiger partial charge in [0.25, 0.3) is 0 Å². The summed E-state index contributed by atoms with van der Waals surface area (Å²) in [6.07, 6.45) is -0.375. The lowest BCUT2D eigenvalue weighted by Gasteiger charge is -2.37. The van der Waals surface area contributed by atoms with Gasteiger partial charge in [-0.3, -0.25) is 0 Å². The van der Waals surface area contributed by atoms with E-state index in [0.717, 1.165) is 16.7 Å². The summed E-state index contributed by atoms with van der Waals surface area (Å²) in [5, 5.41) is 0. The number of benzene rings is 3. The third-order valence-electron chi connectivity index (χ3n) is 6.07. The van der Waals surface area contributed by atoms with Crippen molar-refractivity contribution in [2.75, 3.05) is 13.2 Å². The number of hydrogen-bond acceptors (Lipinski definition) is 4. The molecule has 160 valence electrons. The van der Waals surface area contributed by atoms with Crippen molar-refractivity contribution in [1.29, 1.82) is 0 Å². The van der Waals surface area contributed by atoms with Gasteiger partial charge in [-0.1, -0.05) is 91.0 Å². The number of fused-ring (bicyclic) bond motifs is 1. The van der Waals surface area contributed by atoms with Crippen LogP contribution in [0.5, 0.6) is 0 Å². The van der Waals surface area contributed by atoms with Gasteiger partial charge in [0.05, 0.1) is 13.2 Å². The summed E-state index contributed by atoms with van der Waals surface area (Å²) in [4.78, 5) is 0. The summed E-state index contributed by atoms with van der Waals surface area (Å²) in [6, 6.07) is 31.1. The van der Waals surface area contributed by atoms with Gasteiger partial charge in [-0.2, -0.15) is 0 Å². The molecule has 3 aromatic rings. The van der Waals surface area contributed by atoms with E-state index in [4.69, 9.17) is 18.9 Å². The van der Waals surface area contributed by atoms with Crippen LogP contribution in [0.15, 0.2) is 91.0 Å². The van der Waals surface area contributed by atoms with Crippen molar-refractivity contribution in [2.45, 2.75) is 43.5 Å². The van der Waals surface area contributed by atoms with Crippen LogP contribution in [0, 0.1) is 0 Å². The molecule has 3 atom stereocenters. The first-order chi connectivity index (χ1) is 15.1. The van der Waals surface area contributed by atoms with Gasteiger partial charge in [0.2, 0.25) is 0 Å². The van der Waals surface area contributed by atoms with E-state index in [2.05, 4.69) is 72.8 Å². The first-order valence-electron chi connectivity index (χ1n) is 10.9. The van der Waals surface area contributed by atoms with E-state index in [0.29, 0.717) is 13.2 Å². The fraction of sp³-hybridized carbons (Fsp3) is 0.333. The van der Waals surface area contributed by atoms with Crippen molar-refractivity contribution in [3.8, 4) is 0 Å². The number of rotatable bonds is 6. The lowest BCUT2D eigenvalue weighted by atomic mass is 9.80. The van der Waals surface area contributed by atoms with E-state index in [-0.39, 0.29) is 18.3 Å². The Hall–Kier alpha value is -2.50. The lowest BCUT2D eigenvalue weighted by molar-refractivity contribution is -0.182. The molecule has 0 radical (unpaired) electrons. The quantitative estimate of drug-likeness (QED) is 0.535. The van der Waals surface area contributed by atoms with Crippen LogP contribution in [0.25, 0.3) is 0 Å². The van der Waals surface area contributed by atoms with Crippen LogP contribution in [-0.2, 0) is 24.5 Å². The van der Waals surface area contributed by atoms with Gasteiger partial charge in [0.15, 0.2) is 5.79 Å². The van der Waals surface area contributed by atoms with Gasteiger partial charge in [-0.05, 0) is 30.5 Å². The molecule has 2 heterocycles. The van der Waals surface area contributed by atoms with Crippen LogP contribution < -0.4 is 0 Å². The highest BCUT2D eigenvalue weighted by Crippen LogP contribution is 2.42. The monoisotopic (exact) mass is 416 g/mol. The van der Waals surface area contributed by atoms with Crippen LogP contribution in [0.1, 0.15) is 30.5 Å². The van der Waals surface area contributed by atoms with Gasteiger partial charge >= 0.3 is 0 Å². The molecule has 4 heteroatoms. The molecule has 31 heavy (non-hydrogen) atoms. The third kappa shape index (κ3) is 3.81. The van der Waals surface area contributed by atoms with E-state index < -0.39 is 11.4 Å². The maximum Gasteiger partial charge on any atom is 0.164 e. The highest BCUT2D eigenvalue weighted by Gasteiger charge is 2.51. The first-order valence-corrected chi connectivity index (χ1v) is 10.9. The summed E-state index contributed by atoms with van der Waals surface area (Å²) in [6.45, 7) is 4.81. The SMILES string of the molecule is CC1(C)O[C@H]2[C@H](COC(c3ccccc3)(c3ccccc3)c3ccccc3)OC[C@H]2O1. The standard InChI is InChI=1S/C27H28O4/c1-26(2)30-24-18-28-23(25(24)31-26)19-29-27(20-12-6-3-7-13-20,21-14-8-4-9-15-21)22-16-10-5-11-17-22/h3-17,23-25H,18-19H2,1-2H3/t23-,24+,25-/m0/s1. The predicted octanol–water partition coefficient (Wildman–Crippen LogP) is 4.91. The second-order valence-electron chi connectivity index (χ2n) is 8.60. The van der Waals surface area contributed by atoms with Crippen LogP contribution in [0.3, 0.4) is 0 Å². The van der Waals surface area contributed by atoms with Crippen LogP contribution in [0.4, 0.5) is 0 Å². The fourth-order valence-corrected chi connectivity index (χ4v) is 4.74. The Balaban J connectivity index is 1.55. The van der Waals surface area contributed by atoms with Crippen LogP contribution >= 0.6 is 0 Å². The van der Waals surface area contributed by atoms with E-state index in [1.807, 2.05) is 32.0 Å². The van der Waals surface area contributed by atoms with Crippen molar-refractivity contribution in [1.82, 2.24) is 0 Å². The highest BCUT2D eigenvalue weighted by atomic mass is 16.8. The topological polar surface area (TPSA) is 36.9 Å². The largest absolute Gasteiger partial charge is 0.370 e. The summed E-state index contributed by atoms with van der Waals surface area (Å²) >= 11 is 0. The zero-order chi connectivity index (χ0) is 21.3. The maximum absolute atomic E-state index is 6.89. The Bertz CT molecular complexity index is 891. The molecule has 0 aromatic heterocycles. The molecule has 2 fully saturated rings. The van der Waals surface area contributed by atoms with Gasteiger partial charge < -0.3 is 18.9 Å². The molecule has 4 nitrogen and oxygen atoms in total. The van der Waals surface area contributed by atoms with E-state index in [1.165, 1.54) is 0 Å². The average Bonchev–Trinajstić information content (AvgIpc) is 3.31. The zero-order valence-corrected chi connectivity index (χ0v) is 17.9. The molecule has 2 aliphatic heterocycles. The molecular weight excluding hydrogens is 388 g/mol. The van der Waals surface area contributed by atoms with Gasteiger partial charge in [-0.25, -0.2) is 0 Å².